The van der Waals surface area contributed by atoms with Gasteiger partial charge in [0.05, 0.1) is 6.10 Å². The van der Waals surface area contributed by atoms with Gasteiger partial charge in [-0.1, -0.05) is 0 Å². The van der Waals surface area contributed by atoms with E-state index < -0.39 is 0 Å². The van der Waals surface area contributed by atoms with Crippen molar-refractivity contribution in [2.75, 3.05) is 6.61 Å². The highest BCUT2D eigenvalue weighted by Crippen LogP contribution is 2.39. The van der Waals surface area contributed by atoms with E-state index in [0.29, 0.717) is 0 Å². The molecule has 2 aliphatic rings. The maximum atomic E-state index is 5.39. The second kappa shape index (κ2) is 1.73. The van der Waals surface area contributed by atoms with Crippen LogP contribution in [0.3, 0.4) is 0 Å². The average Bonchev–Trinajstić information content (AvgIpc) is 2.12. The fourth-order valence-electron chi connectivity index (χ4n) is 1.64. The van der Waals surface area contributed by atoms with Crippen LogP contribution in [0.25, 0.3) is 0 Å². The standard InChI is InChI=1S/C7H11O/c1-2-7-5-6(1)3-4-8-7/h6H,1-5H2. The Balaban J connectivity index is 2.03. The predicted octanol–water partition coefficient (Wildman–Crippen LogP) is 1.74. The first kappa shape index (κ1) is 4.80. The van der Waals surface area contributed by atoms with Crippen LogP contribution in [0.2, 0.25) is 0 Å². The van der Waals surface area contributed by atoms with Gasteiger partial charge in [-0.25, -0.2) is 0 Å². The third-order valence-corrected chi connectivity index (χ3v) is 2.18. The van der Waals surface area contributed by atoms with Gasteiger partial charge in [0.25, 0.3) is 0 Å². The van der Waals surface area contributed by atoms with Gasteiger partial charge in [-0.15, -0.1) is 0 Å². The van der Waals surface area contributed by atoms with Crippen LogP contribution in [0.1, 0.15) is 25.7 Å². The summed E-state index contributed by atoms with van der Waals surface area (Å²) in [6.07, 6.45) is 6.62. The van der Waals surface area contributed by atoms with E-state index in [-0.39, 0.29) is 0 Å². The van der Waals surface area contributed by atoms with Crippen molar-refractivity contribution in [3.63, 3.8) is 0 Å². The van der Waals surface area contributed by atoms with Crippen molar-refractivity contribution in [3.8, 4) is 0 Å². The highest BCUT2D eigenvalue weighted by molar-refractivity contribution is 4.92. The van der Waals surface area contributed by atoms with Gasteiger partial charge in [0, 0.05) is 6.61 Å². The smallest absolute Gasteiger partial charge is 0.0973 e. The first-order valence-corrected chi connectivity index (χ1v) is 3.42. The molecule has 1 aliphatic carbocycles. The van der Waals surface area contributed by atoms with Gasteiger partial charge in [-0.3, -0.25) is 0 Å². The molecule has 1 nitrogen and oxygen atoms in total. The molecular weight excluding hydrogens is 100 g/mol. The van der Waals surface area contributed by atoms with E-state index in [1.807, 2.05) is 0 Å². The van der Waals surface area contributed by atoms with Gasteiger partial charge in [0.15, 0.2) is 0 Å². The fraction of sp³-hybridized carbons (Fsp3) is 0.857. The van der Waals surface area contributed by atoms with Crippen molar-refractivity contribution in [2.24, 2.45) is 5.92 Å². The zero-order valence-electron chi connectivity index (χ0n) is 5.02. The summed E-state index contributed by atoms with van der Waals surface area (Å²) in [5.74, 6) is 0.999. The second-order valence-electron chi connectivity index (χ2n) is 2.78. The second-order valence-corrected chi connectivity index (χ2v) is 2.78. The molecule has 0 aromatic carbocycles. The summed E-state index contributed by atoms with van der Waals surface area (Å²) in [6, 6.07) is 0. The molecule has 1 radical (unpaired) electrons. The number of rotatable bonds is 0. The Labute approximate surface area is 50.0 Å². The van der Waals surface area contributed by atoms with Crippen LogP contribution in [0.5, 0.6) is 0 Å². The van der Waals surface area contributed by atoms with E-state index in [1.165, 1.54) is 31.8 Å². The largest absolute Gasteiger partial charge is 0.372 e. The van der Waals surface area contributed by atoms with E-state index in [2.05, 4.69) is 0 Å². The molecule has 45 valence electrons. The van der Waals surface area contributed by atoms with Crippen LogP contribution in [0, 0.1) is 12.0 Å². The van der Waals surface area contributed by atoms with Crippen LogP contribution in [-0.4, -0.2) is 6.61 Å². The van der Waals surface area contributed by atoms with Gasteiger partial charge in [0.2, 0.25) is 0 Å². The minimum atomic E-state index is 0.999. The minimum absolute atomic E-state index is 0.999. The lowest BCUT2D eigenvalue weighted by molar-refractivity contribution is 0.102. The first-order valence-electron chi connectivity index (χ1n) is 3.42. The van der Waals surface area contributed by atoms with E-state index in [4.69, 9.17) is 4.74 Å². The summed E-state index contributed by atoms with van der Waals surface area (Å²) in [6.45, 7) is 1.00. The molecule has 0 amide bonds. The molecule has 1 aliphatic heterocycles. The van der Waals surface area contributed by atoms with Gasteiger partial charge >= 0.3 is 0 Å². The van der Waals surface area contributed by atoms with E-state index in [0.717, 1.165) is 12.5 Å². The lowest BCUT2D eigenvalue weighted by Crippen LogP contribution is -2.09. The Bertz CT molecular complexity index is 76.4. The molecule has 1 heteroatoms. The fourth-order valence-corrected chi connectivity index (χ4v) is 1.64. The summed E-state index contributed by atoms with van der Waals surface area (Å²) in [7, 11) is 0. The molecule has 8 heavy (non-hydrogen) atoms. The number of fused-ring (bicyclic) bond motifs is 2. The highest BCUT2D eigenvalue weighted by atomic mass is 16.5. The van der Waals surface area contributed by atoms with Crippen LogP contribution in [0.15, 0.2) is 0 Å². The van der Waals surface area contributed by atoms with Crippen molar-refractivity contribution in [3.05, 3.63) is 6.10 Å². The van der Waals surface area contributed by atoms with E-state index >= 15 is 0 Å². The van der Waals surface area contributed by atoms with Crippen molar-refractivity contribution in [2.45, 2.75) is 25.7 Å². The summed E-state index contributed by atoms with van der Waals surface area (Å²) >= 11 is 0. The normalized spacial score (nSPS) is 38.2. The Kier molecular flexibility index (Phi) is 1.04. The Morgan fingerprint density at radius 1 is 1.38 bits per heavy atom. The van der Waals surface area contributed by atoms with Crippen LogP contribution in [0.4, 0.5) is 0 Å². The highest BCUT2D eigenvalue weighted by Gasteiger charge is 2.29. The van der Waals surface area contributed by atoms with Crippen molar-refractivity contribution in [1.82, 2.24) is 0 Å². The molecule has 2 rings (SSSR count). The molecule has 2 bridgehead atoms. The average molecular weight is 111 g/mol. The quantitative estimate of drug-likeness (QED) is 0.462. The zero-order valence-corrected chi connectivity index (χ0v) is 5.02. The topological polar surface area (TPSA) is 9.23 Å². The third-order valence-electron chi connectivity index (χ3n) is 2.18. The molecule has 1 heterocycles. The molecule has 0 spiro atoms. The van der Waals surface area contributed by atoms with Crippen molar-refractivity contribution in [1.29, 1.82) is 0 Å². The Morgan fingerprint density at radius 2 is 2.38 bits per heavy atom. The summed E-state index contributed by atoms with van der Waals surface area (Å²) in [5, 5.41) is 0. The molecule has 1 unspecified atom stereocenters. The molecular formula is C7H11O. The van der Waals surface area contributed by atoms with Crippen LogP contribution >= 0.6 is 0 Å². The lowest BCUT2D eigenvalue weighted by Gasteiger charge is -2.17. The van der Waals surface area contributed by atoms with Crippen LogP contribution in [-0.2, 0) is 4.74 Å². The van der Waals surface area contributed by atoms with Gasteiger partial charge in [-0.2, -0.15) is 0 Å². The SMILES string of the molecule is C1CC2CC[C](C2)O1. The lowest BCUT2D eigenvalue weighted by atomic mass is 10.0. The molecule has 1 atom stereocenters. The Morgan fingerprint density at radius 3 is 3.12 bits per heavy atom. The minimum Gasteiger partial charge on any atom is -0.372 e. The van der Waals surface area contributed by atoms with E-state index in [9.17, 15) is 0 Å². The predicted molar refractivity (Wildman–Crippen MR) is 31.2 cm³/mol. The Hall–Kier alpha value is -0.0400. The number of ether oxygens (including phenoxy) is 1. The maximum absolute atomic E-state index is 5.39. The monoisotopic (exact) mass is 111 g/mol. The third kappa shape index (κ3) is 0.655. The number of hydrogen-bond acceptors (Lipinski definition) is 1. The molecule has 0 N–H and O–H groups in total. The summed E-state index contributed by atoms with van der Waals surface area (Å²) < 4.78 is 5.39. The van der Waals surface area contributed by atoms with Gasteiger partial charge in [-0.05, 0) is 31.6 Å². The molecule has 0 aromatic heterocycles. The molecule has 2 fully saturated rings. The van der Waals surface area contributed by atoms with Gasteiger partial charge < -0.3 is 4.74 Å². The molecule has 1 saturated carbocycles. The van der Waals surface area contributed by atoms with Crippen molar-refractivity contribution >= 4 is 0 Å². The van der Waals surface area contributed by atoms with E-state index in [1.54, 1.807) is 0 Å². The maximum Gasteiger partial charge on any atom is 0.0973 e. The summed E-state index contributed by atoms with van der Waals surface area (Å²) in [5.41, 5.74) is 0. The molecule has 0 aromatic rings. The molecule has 1 saturated heterocycles. The van der Waals surface area contributed by atoms with Crippen LogP contribution < -0.4 is 0 Å². The van der Waals surface area contributed by atoms with Crippen molar-refractivity contribution < 1.29 is 4.74 Å². The number of hydrogen-bond donors (Lipinski definition) is 0. The first-order chi connectivity index (χ1) is 3.95. The summed E-state index contributed by atoms with van der Waals surface area (Å²) in [4.78, 5) is 0. The van der Waals surface area contributed by atoms with Gasteiger partial charge in [0.1, 0.15) is 0 Å². The zero-order chi connectivity index (χ0) is 5.40.